The summed E-state index contributed by atoms with van der Waals surface area (Å²) in [6.07, 6.45) is 4.03. The number of hydrogen-bond donors (Lipinski definition) is 1. The van der Waals surface area contributed by atoms with Gasteiger partial charge in [0.25, 0.3) is 0 Å². The Bertz CT molecular complexity index is 1210. The molecule has 5 nitrogen and oxygen atoms in total. The average molecular weight is 400 g/mol. The van der Waals surface area contributed by atoms with Crippen LogP contribution in [0, 0.1) is 5.82 Å². The molecule has 30 heavy (non-hydrogen) atoms. The van der Waals surface area contributed by atoms with E-state index in [0.717, 1.165) is 11.3 Å². The number of carbonyl (C=O) groups is 1. The van der Waals surface area contributed by atoms with Crippen LogP contribution >= 0.6 is 0 Å². The minimum Gasteiger partial charge on any atom is -0.469 e. The monoisotopic (exact) mass is 400 g/mol. The predicted octanol–water partition coefficient (Wildman–Crippen LogP) is 4.04. The highest BCUT2D eigenvalue weighted by Crippen LogP contribution is 2.25. The standard InChI is InChI=1S/C24H18FN3O2/c25-19-11-5-4-9-17(19)13-20-23-27-21(14-18-10-6-12-30-18)24(29)28(23)15-22(26-20)16-7-2-1-3-8-16/h1-12,15,21H,13-14H2/p+1. The summed E-state index contributed by atoms with van der Waals surface area (Å²) in [5.41, 5.74) is 2.71. The Hall–Kier alpha value is -3.80. The van der Waals surface area contributed by atoms with E-state index in [1.807, 2.05) is 36.4 Å². The van der Waals surface area contributed by atoms with Crippen LogP contribution in [0.15, 0.2) is 83.6 Å². The number of fused-ring (bicyclic) bond motifs is 1. The molecule has 0 spiro atoms. The van der Waals surface area contributed by atoms with E-state index in [2.05, 4.69) is 5.32 Å². The summed E-state index contributed by atoms with van der Waals surface area (Å²) in [7, 11) is 0. The first kappa shape index (κ1) is 18.2. The zero-order valence-electron chi connectivity index (χ0n) is 16.1. The molecule has 0 saturated carbocycles. The molecule has 0 radical (unpaired) electrons. The number of rotatable bonds is 5. The van der Waals surface area contributed by atoms with Crippen LogP contribution in [0.1, 0.15) is 21.8 Å². The van der Waals surface area contributed by atoms with E-state index >= 15 is 0 Å². The van der Waals surface area contributed by atoms with Crippen LogP contribution in [0.5, 0.6) is 0 Å². The SMILES string of the molecule is O=C1C(Cc2ccco2)Nc2c(Cc3ccccc3F)nc(-c3ccccc3)c[n+]21. The van der Waals surface area contributed by atoms with E-state index < -0.39 is 6.04 Å². The fourth-order valence-electron chi connectivity index (χ4n) is 3.74. The van der Waals surface area contributed by atoms with Gasteiger partial charge < -0.3 is 4.42 Å². The van der Waals surface area contributed by atoms with Crippen LogP contribution in [-0.4, -0.2) is 16.9 Å². The third-order valence-electron chi connectivity index (χ3n) is 5.24. The van der Waals surface area contributed by atoms with Gasteiger partial charge in [0.1, 0.15) is 29.2 Å². The highest BCUT2D eigenvalue weighted by Gasteiger charge is 2.41. The van der Waals surface area contributed by atoms with Crippen LogP contribution in [-0.2, 0) is 12.8 Å². The van der Waals surface area contributed by atoms with Crippen LogP contribution in [0.25, 0.3) is 11.3 Å². The molecular formula is C24H19FN3O2+. The lowest BCUT2D eigenvalue weighted by molar-refractivity contribution is -0.552. The van der Waals surface area contributed by atoms with E-state index in [1.54, 1.807) is 41.3 Å². The molecule has 2 aromatic carbocycles. The molecule has 3 heterocycles. The number of aromatic nitrogens is 2. The van der Waals surface area contributed by atoms with E-state index in [-0.39, 0.29) is 18.1 Å². The number of anilines is 1. The summed E-state index contributed by atoms with van der Waals surface area (Å²) in [5, 5.41) is 3.28. The normalized spacial score (nSPS) is 15.1. The zero-order valence-corrected chi connectivity index (χ0v) is 16.1. The molecule has 0 amide bonds. The molecule has 6 heteroatoms. The second-order valence-corrected chi connectivity index (χ2v) is 7.24. The van der Waals surface area contributed by atoms with Gasteiger partial charge in [-0.05, 0) is 23.8 Å². The van der Waals surface area contributed by atoms with Crippen molar-refractivity contribution in [3.05, 3.63) is 102 Å². The lowest BCUT2D eigenvalue weighted by Gasteiger charge is -2.07. The maximum Gasteiger partial charge on any atom is 0.359 e. The number of hydrogen-bond acceptors (Lipinski definition) is 4. The van der Waals surface area contributed by atoms with Crippen LogP contribution in [0.3, 0.4) is 0 Å². The summed E-state index contributed by atoms with van der Waals surface area (Å²) in [6, 6.07) is 19.4. The Labute approximate surface area is 172 Å². The topological polar surface area (TPSA) is 59.0 Å². The summed E-state index contributed by atoms with van der Waals surface area (Å²) in [4.78, 5) is 17.9. The quantitative estimate of drug-likeness (QED) is 0.514. The number of nitrogens with zero attached hydrogens (tertiary/aromatic N) is 2. The number of furan rings is 1. The Balaban J connectivity index is 1.58. The number of benzene rings is 2. The van der Waals surface area contributed by atoms with Crippen molar-refractivity contribution in [2.24, 2.45) is 0 Å². The fourth-order valence-corrected chi connectivity index (χ4v) is 3.74. The third-order valence-corrected chi connectivity index (χ3v) is 5.24. The molecule has 0 saturated heterocycles. The molecule has 5 rings (SSSR count). The lowest BCUT2D eigenvalue weighted by Crippen LogP contribution is -2.44. The van der Waals surface area contributed by atoms with Crippen molar-refractivity contribution in [1.29, 1.82) is 0 Å². The van der Waals surface area contributed by atoms with E-state index in [1.165, 1.54) is 6.07 Å². The Morgan fingerprint density at radius 3 is 2.60 bits per heavy atom. The van der Waals surface area contributed by atoms with Gasteiger partial charge in [-0.1, -0.05) is 48.5 Å². The van der Waals surface area contributed by atoms with Gasteiger partial charge in [-0.2, -0.15) is 4.57 Å². The molecule has 0 fully saturated rings. The lowest BCUT2D eigenvalue weighted by atomic mass is 10.1. The number of halogens is 1. The highest BCUT2D eigenvalue weighted by atomic mass is 19.1. The largest absolute Gasteiger partial charge is 0.469 e. The van der Waals surface area contributed by atoms with E-state index in [0.29, 0.717) is 29.2 Å². The van der Waals surface area contributed by atoms with Crippen molar-refractivity contribution in [2.75, 3.05) is 5.32 Å². The Morgan fingerprint density at radius 2 is 1.83 bits per heavy atom. The van der Waals surface area contributed by atoms with Gasteiger partial charge in [0.05, 0.1) is 12.7 Å². The van der Waals surface area contributed by atoms with Gasteiger partial charge >= 0.3 is 11.7 Å². The molecule has 148 valence electrons. The maximum atomic E-state index is 14.3. The van der Waals surface area contributed by atoms with Crippen LogP contribution in [0.2, 0.25) is 0 Å². The van der Waals surface area contributed by atoms with Crippen molar-refractivity contribution in [1.82, 2.24) is 4.98 Å². The molecular weight excluding hydrogens is 381 g/mol. The molecule has 1 aliphatic heterocycles. The van der Waals surface area contributed by atoms with Gasteiger partial charge in [-0.15, -0.1) is 0 Å². The fraction of sp³-hybridized carbons (Fsp3) is 0.125. The molecule has 0 aliphatic carbocycles. The maximum absolute atomic E-state index is 14.3. The van der Waals surface area contributed by atoms with Crippen molar-refractivity contribution in [3.63, 3.8) is 0 Å². The van der Waals surface area contributed by atoms with E-state index in [9.17, 15) is 9.18 Å². The molecule has 2 aromatic heterocycles. The summed E-state index contributed by atoms with van der Waals surface area (Å²) in [6.45, 7) is 0. The van der Waals surface area contributed by atoms with E-state index in [4.69, 9.17) is 9.40 Å². The summed E-state index contributed by atoms with van der Waals surface area (Å²) in [5.74, 6) is 0.941. The van der Waals surface area contributed by atoms with Gasteiger partial charge in [-0.25, -0.2) is 14.2 Å². The average Bonchev–Trinajstić information content (AvgIpc) is 3.39. The first-order valence-corrected chi connectivity index (χ1v) is 9.76. The minimum atomic E-state index is -0.469. The molecule has 1 aliphatic rings. The van der Waals surface area contributed by atoms with Crippen LogP contribution < -0.4 is 9.88 Å². The van der Waals surface area contributed by atoms with Crippen molar-refractivity contribution in [2.45, 2.75) is 18.9 Å². The minimum absolute atomic E-state index is 0.0873. The van der Waals surface area contributed by atoms with Gasteiger partial charge in [0.15, 0.2) is 0 Å². The van der Waals surface area contributed by atoms with Crippen molar-refractivity contribution < 1.29 is 18.2 Å². The number of carbonyl (C=O) groups excluding carboxylic acids is 1. The first-order valence-electron chi connectivity index (χ1n) is 9.76. The van der Waals surface area contributed by atoms with Gasteiger partial charge in [0, 0.05) is 12.0 Å². The van der Waals surface area contributed by atoms with Crippen molar-refractivity contribution >= 4 is 11.7 Å². The Morgan fingerprint density at radius 1 is 1.03 bits per heavy atom. The molecule has 0 bridgehead atoms. The highest BCUT2D eigenvalue weighted by molar-refractivity contribution is 5.82. The third kappa shape index (κ3) is 3.37. The number of nitrogens with one attached hydrogen (secondary N) is 1. The molecule has 1 N–H and O–H groups in total. The van der Waals surface area contributed by atoms with Crippen molar-refractivity contribution in [3.8, 4) is 11.3 Å². The van der Waals surface area contributed by atoms with Crippen LogP contribution in [0.4, 0.5) is 10.2 Å². The summed E-state index contributed by atoms with van der Waals surface area (Å²) >= 11 is 0. The zero-order chi connectivity index (χ0) is 20.5. The predicted molar refractivity (Wildman–Crippen MR) is 110 cm³/mol. The molecule has 4 aromatic rings. The van der Waals surface area contributed by atoms with Gasteiger partial charge in [0.2, 0.25) is 6.04 Å². The molecule has 1 atom stereocenters. The summed E-state index contributed by atoms with van der Waals surface area (Å²) < 4.78 is 21.3. The molecule has 1 unspecified atom stereocenters. The Kier molecular flexibility index (Phi) is 4.59. The first-order chi connectivity index (χ1) is 14.7. The second kappa shape index (κ2) is 7.55. The smallest absolute Gasteiger partial charge is 0.359 e. The van der Waals surface area contributed by atoms with Gasteiger partial charge in [-0.3, -0.25) is 5.32 Å². The second-order valence-electron chi connectivity index (χ2n) is 7.24.